The van der Waals surface area contributed by atoms with Crippen molar-refractivity contribution in [2.45, 2.75) is 6.61 Å². The van der Waals surface area contributed by atoms with Crippen LogP contribution < -0.4 is 0 Å². The van der Waals surface area contributed by atoms with Crippen LogP contribution in [0.5, 0.6) is 0 Å². The van der Waals surface area contributed by atoms with Gasteiger partial charge in [-0.25, -0.2) is 9.18 Å². The molecule has 0 aromatic heterocycles. The summed E-state index contributed by atoms with van der Waals surface area (Å²) in [5, 5.41) is 17.0. The molecule has 74 valence electrons. The van der Waals surface area contributed by atoms with E-state index in [4.69, 9.17) is 10.2 Å². The summed E-state index contributed by atoms with van der Waals surface area (Å²) in [4.78, 5) is 10.2. The molecule has 1 aromatic rings. The maximum Gasteiger partial charge on any atom is 0.328 e. The summed E-state index contributed by atoms with van der Waals surface area (Å²) in [6.45, 7) is -0.236. The van der Waals surface area contributed by atoms with Crippen molar-refractivity contribution >= 4 is 12.0 Å². The Hall–Kier alpha value is -1.68. The van der Waals surface area contributed by atoms with Gasteiger partial charge < -0.3 is 10.2 Å². The van der Waals surface area contributed by atoms with E-state index in [1.807, 2.05) is 0 Å². The van der Waals surface area contributed by atoms with Crippen LogP contribution in [0, 0.1) is 5.82 Å². The minimum Gasteiger partial charge on any atom is -0.478 e. The third kappa shape index (κ3) is 2.67. The van der Waals surface area contributed by atoms with Crippen LogP contribution in [-0.4, -0.2) is 16.2 Å². The van der Waals surface area contributed by atoms with E-state index in [0.717, 1.165) is 6.08 Å². The van der Waals surface area contributed by atoms with Crippen LogP contribution in [0.3, 0.4) is 0 Å². The first-order valence-electron chi connectivity index (χ1n) is 3.94. The summed E-state index contributed by atoms with van der Waals surface area (Å²) in [6.07, 6.45) is 2.02. The SMILES string of the molecule is O=C(O)/C=C/c1ccc(CO)cc1F. The van der Waals surface area contributed by atoms with E-state index < -0.39 is 11.8 Å². The number of hydrogen-bond acceptors (Lipinski definition) is 2. The quantitative estimate of drug-likeness (QED) is 0.719. The Morgan fingerprint density at radius 2 is 2.21 bits per heavy atom. The van der Waals surface area contributed by atoms with Gasteiger partial charge in [0, 0.05) is 11.6 Å². The van der Waals surface area contributed by atoms with E-state index in [2.05, 4.69) is 0 Å². The molecule has 14 heavy (non-hydrogen) atoms. The lowest BCUT2D eigenvalue weighted by Crippen LogP contribution is -1.90. The molecule has 0 amide bonds. The fourth-order valence-corrected chi connectivity index (χ4v) is 0.965. The van der Waals surface area contributed by atoms with Crippen molar-refractivity contribution in [2.75, 3.05) is 0 Å². The number of aliphatic hydroxyl groups is 1. The van der Waals surface area contributed by atoms with Crippen molar-refractivity contribution < 1.29 is 19.4 Å². The Bertz CT molecular complexity index is 372. The first kappa shape index (κ1) is 10.4. The number of benzene rings is 1. The van der Waals surface area contributed by atoms with Gasteiger partial charge >= 0.3 is 5.97 Å². The Kier molecular flexibility index (Phi) is 3.36. The number of hydrogen-bond donors (Lipinski definition) is 2. The van der Waals surface area contributed by atoms with Gasteiger partial charge in [0.15, 0.2) is 0 Å². The molecule has 0 spiro atoms. The minimum atomic E-state index is -1.13. The molecule has 0 radical (unpaired) electrons. The number of aliphatic carboxylic acids is 1. The molecule has 0 aliphatic rings. The van der Waals surface area contributed by atoms with E-state index in [1.54, 1.807) is 0 Å². The second kappa shape index (κ2) is 4.53. The maximum absolute atomic E-state index is 13.1. The molecule has 0 saturated heterocycles. The van der Waals surface area contributed by atoms with E-state index in [-0.39, 0.29) is 12.2 Å². The highest BCUT2D eigenvalue weighted by atomic mass is 19.1. The zero-order chi connectivity index (χ0) is 10.6. The Balaban J connectivity index is 2.94. The summed E-state index contributed by atoms with van der Waals surface area (Å²) in [5.74, 6) is -1.68. The van der Waals surface area contributed by atoms with Gasteiger partial charge in [-0.15, -0.1) is 0 Å². The largest absolute Gasteiger partial charge is 0.478 e. The predicted octanol–water partition coefficient (Wildman–Crippen LogP) is 1.42. The molecular formula is C10H9FO3. The van der Waals surface area contributed by atoms with Gasteiger partial charge in [0.2, 0.25) is 0 Å². The van der Waals surface area contributed by atoms with Crippen LogP contribution in [0.15, 0.2) is 24.3 Å². The lowest BCUT2D eigenvalue weighted by atomic mass is 10.1. The summed E-state index contributed by atoms with van der Waals surface area (Å²) < 4.78 is 13.1. The number of carboxylic acids is 1. The molecule has 0 fully saturated rings. The average Bonchev–Trinajstić information content (AvgIpc) is 2.15. The molecule has 0 heterocycles. The first-order chi connectivity index (χ1) is 6.63. The van der Waals surface area contributed by atoms with Crippen LogP contribution in [0.2, 0.25) is 0 Å². The second-order valence-electron chi connectivity index (χ2n) is 2.69. The maximum atomic E-state index is 13.1. The smallest absolute Gasteiger partial charge is 0.328 e. The molecule has 0 unspecified atom stereocenters. The number of carboxylic acid groups (broad SMARTS) is 1. The summed E-state index contributed by atoms with van der Waals surface area (Å²) >= 11 is 0. The highest BCUT2D eigenvalue weighted by Gasteiger charge is 2.00. The zero-order valence-corrected chi connectivity index (χ0v) is 7.27. The normalized spacial score (nSPS) is 10.7. The van der Waals surface area contributed by atoms with E-state index >= 15 is 0 Å². The van der Waals surface area contributed by atoms with Crippen LogP contribution in [0.1, 0.15) is 11.1 Å². The second-order valence-corrected chi connectivity index (χ2v) is 2.69. The molecule has 4 heteroatoms. The van der Waals surface area contributed by atoms with Gasteiger partial charge in [0.1, 0.15) is 5.82 Å². The molecule has 0 bridgehead atoms. The van der Waals surface area contributed by atoms with Gasteiger partial charge in [-0.3, -0.25) is 0 Å². The number of rotatable bonds is 3. The van der Waals surface area contributed by atoms with Crippen molar-refractivity contribution in [3.05, 3.63) is 41.2 Å². The monoisotopic (exact) mass is 196 g/mol. The molecular weight excluding hydrogens is 187 g/mol. The van der Waals surface area contributed by atoms with Crippen molar-refractivity contribution in [3.63, 3.8) is 0 Å². The van der Waals surface area contributed by atoms with Crippen LogP contribution >= 0.6 is 0 Å². The topological polar surface area (TPSA) is 57.5 Å². The molecule has 1 aromatic carbocycles. The van der Waals surface area contributed by atoms with Gasteiger partial charge in [0.25, 0.3) is 0 Å². The fourth-order valence-electron chi connectivity index (χ4n) is 0.965. The van der Waals surface area contributed by atoms with Gasteiger partial charge in [-0.2, -0.15) is 0 Å². The van der Waals surface area contributed by atoms with Gasteiger partial charge in [0.05, 0.1) is 6.61 Å². The highest BCUT2D eigenvalue weighted by Crippen LogP contribution is 2.11. The molecule has 0 saturated carbocycles. The average molecular weight is 196 g/mol. The third-order valence-corrected chi connectivity index (χ3v) is 1.65. The summed E-state index contributed by atoms with van der Waals surface area (Å²) in [5.41, 5.74) is 0.638. The lowest BCUT2D eigenvalue weighted by molar-refractivity contribution is -0.131. The summed E-state index contributed by atoms with van der Waals surface area (Å²) in [6, 6.07) is 4.12. The molecule has 3 nitrogen and oxygen atoms in total. The Morgan fingerprint density at radius 1 is 1.50 bits per heavy atom. The molecule has 0 atom stereocenters. The molecule has 1 rings (SSSR count). The van der Waals surface area contributed by atoms with Crippen LogP contribution in [0.4, 0.5) is 4.39 Å². The predicted molar refractivity (Wildman–Crippen MR) is 49.0 cm³/mol. The van der Waals surface area contributed by atoms with E-state index in [0.29, 0.717) is 5.56 Å². The number of aliphatic hydroxyl groups excluding tert-OH is 1. The standard InChI is InChI=1S/C10H9FO3/c11-9-5-7(6-12)1-2-8(9)3-4-10(13)14/h1-5,12H,6H2,(H,13,14)/b4-3+. The van der Waals surface area contributed by atoms with E-state index in [9.17, 15) is 9.18 Å². The van der Waals surface area contributed by atoms with Crippen LogP contribution in [0.25, 0.3) is 6.08 Å². The zero-order valence-electron chi connectivity index (χ0n) is 7.27. The summed E-state index contributed by atoms with van der Waals surface area (Å²) in [7, 11) is 0. The fraction of sp³-hybridized carbons (Fsp3) is 0.100. The highest BCUT2D eigenvalue weighted by molar-refractivity contribution is 5.85. The Morgan fingerprint density at radius 3 is 2.71 bits per heavy atom. The first-order valence-corrected chi connectivity index (χ1v) is 3.94. The van der Waals surface area contributed by atoms with E-state index in [1.165, 1.54) is 24.3 Å². The molecule has 2 N–H and O–H groups in total. The van der Waals surface area contributed by atoms with Gasteiger partial charge in [-0.1, -0.05) is 12.1 Å². The van der Waals surface area contributed by atoms with Gasteiger partial charge in [-0.05, 0) is 17.7 Å². The van der Waals surface area contributed by atoms with Crippen molar-refractivity contribution in [2.24, 2.45) is 0 Å². The Labute approximate surface area is 80.1 Å². The lowest BCUT2D eigenvalue weighted by Gasteiger charge is -1.99. The number of carbonyl (C=O) groups is 1. The molecule has 0 aliphatic carbocycles. The van der Waals surface area contributed by atoms with Crippen molar-refractivity contribution in [1.82, 2.24) is 0 Å². The van der Waals surface area contributed by atoms with Crippen LogP contribution in [-0.2, 0) is 11.4 Å². The molecule has 0 aliphatic heterocycles. The number of halogens is 1. The van der Waals surface area contributed by atoms with Crippen molar-refractivity contribution in [1.29, 1.82) is 0 Å². The van der Waals surface area contributed by atoms with Crippen molar-refractivity contribution in [3.8, 4) is 0 Å². The third-order valence-electron chi connectivity index (χ3n) is 1.65. The minimum absolute atomic E-state index is 0.185.